The van der Waals surface area contributed by atoms with Crippen LogP contribution in [0.1, 0.15) is 31.7 Å². The smallest absolute Gasteiger partial charge is 0.307 e. The molecule has 0 fully saturated rings. The van der Waals surface area contributed by atoms with E-state index >= 15 is 0 Å². The number of carbonyl (C=O) groups is 1. The molecule has 112 valence electrons. The minimum atomic E-state index is -0.950. The van der Waals surface area contributed by atoms with Gasteiger partial charge in [0.25, 0.3) is 0 Å². The van der Waals surface area contributed by atoms with E-state index in [-0.39, 0.29) is 29.9 Å². The molecule has 0 saturated heterocycles. The third-order valence-corrected chi connectivity index (χ3v) is 3.74. The van der Waals surface area contributed by atoms with Crippen LogP contribution in [0.25, 0.3) is 0 Å². The molecule has 6 heteroatoms. The van der Waals surface area contributed by atoms with Crippen LogP contribution in [-0.4, -0.2) is 32.9 Å². The molecule has 0 amide bonds. The van der Waals surface area contributed by atoms with Gasteiger partial charge in [0.05, 0.1) is 5.92 Å². The zero-order valence-corrected chi connectivity index (χ0v) is 11.6. The lowest BCUT2D eigenvalue weighted by atomic mass is 9.82. The lowest BCUT2D eigenvalue weighted by Gasteiger charge is -2.24. The van der Waals surface area contributed by atoms with E-state index in [1.54, 1.807) is 6.92 Å². The average Bonchev–Trinajstić information content (AvgIpc) is 2.38. The van der Waals surface area contributed by atoms with E-state index in [1.807, 2.05) is 6.92 Å². The van der Waals surface area contributed by atoms with Crippen molar-refractivity contribution >= 4 is 5.97 Å². The number of aromatic hydroxyl groups is 3. The Morgan fingerprint density at radius 3 is 2.35 bits per heavy atom. The summed E-state index contributed by atoms with van der Waals surface area (Å²) in [7, 11) is 0. The molecule has 0 aromatic heterocycles. The SMILES string of the molecule is CC(CC(CN)C(=O)O)C(C)c1cc(O)cc(O)c1O. The van der Waals surface area contributed by atoms with Crippen molar-refractivity contribution in [2.24, 2.45) is 17.6 Å². The van der Waals surface area contributed by atoms with Gasteiger partial charge in [-0.25, -0.2) is 0 Å². The Morgan fingerprint density at radius 1 is 1.25 bits per heavy atom. The van der Waals surface area contributed by atoms with Gasteiger partial charge in [0.15, 0.2) is 11.5 Å². The highest BCUT2D eigenvalue weighted by Gasteiger charge is 2.25. The van der Waals surface area contributed by atoms with Crippen molar-refractivity contribution in [1.29, 1.82) is 0 Å². The summed E-state index contributed by atoms with van der Waals surface area (Å²) in [6.45, 7) is 3.69. The van der Waals surface area contributed by atoms with E-state index in [1.165, 1.54) is 6.07 Å². The summed E-state index contributed by atoms with van der Waals surface area (Å²) >= 11 is 0. The van der Waals surface area contributed by atoms with Crippen LogP contribution >= 0.6 is 0 Å². The van der Waals surface area contributed by atoms with Crippen LogP contribution in [-0.2, 0) is 4.79 Å². The Hall–Kier alpha value is -1.95. The van der Waals surface area contributed by atoms with Crippen LogP contribution in [0.5, 0.6) is 17.2 Å². The summed E-state index contributed by atoms with van der Waals surface area (Å²) in [5.41, 5.74) is 5.81. The quantitative estimate of drug-likeness (QED) is 0.399. The molecule has 1 rings (SSSR count). The van der Waals surface area contributed by atoms with Crippen LogP contribution in [0.2, 0.25) is 0 Å². The summed E-state index contributed by atoms with van der Waals surface area (Å²) in [6, 6.07) is 2.42. The van der Waals surface area contributed by atoms with Gasteiger partial charge in [0.1, 0.15) is 5.75 Å². The van der Waals surface area contributed by atoms with E-state index in [0.29, 0.717) is 12.0 Å². The molecule has 3 unspecified atom stereocenters. The Labute approximate surface area is 117 Å². The summed E-state index contributed by atoms with van der Waals surface area (Å²) in [4.78, 5) is 11.0. The fraction of sp³-hybridized carbons (Fsp3) is 0.500. The number of hydrogen-bond donors (Lipinski definition) is 5. The maximum atomic E-state index is 11.0. The highest BCUT2D eigenvalue weighted by Crippen LogP contribution is 2.41. The molecular formula is C14H21NO5. The number of carboxylic acids is 1. The van der Waals surface area contributed by atoms with Gasteiger partial charge in [-0.3, -0.25) is 4.79 Å². The molecule has 0 bridgehead atoms. The molecule has 20 heavy (non-hydrogen) atoms. The fourth-order valence-corrected chi connectivity index (χ4v) is 2.23. The molecule has 0 saturated carbocycles. The predicted molar refractivity (Wildman–Crippen MR) is 73.8 cm³/mol. The van der Waals surface area contributed by atoms with Gasteiger partial charge in [-0.05, 0) is 24.3 Å². The molecule has 0 aliphatic heterocycles. The maximum Gasteiger partial charge on any atom is 0.307 e. The van der Waals surface area contributed by atoms with Gasteiger partial charge < -0.3 is 26.2 Å². The number of phenols is 3. The van der Waals surface area contributed by atoms with E-state index in [4.69, 9.17) is 10.8 Å². The summed E-state index contributed by atoms with van der Waals surface area (Å²) in [6.07, 6.45) is 0.350. The first-order valence-corrected chi connectivity index (χ1v) is 6.45. The zero-order chi connectivity index (χ0) is 15.4. The van der Waals surface area contributed by atoms with Crippen LogP contribution in [0, 0.1) is 11.8 Å². The number of hydrogen-bond acceptors (Lipinski definition) is 5. The number of carboxylic acid groups (broad SMARTS) is 1. The van der Waals surface area contributed by atoms with E-state index in [2.05, 4.69) is 0 Å². The molecule has 0 spiro atoms. The molecule has 0 heterocycles. The van der Waals surface area contributed by atoms with Crippen molar-refractivity contribution in [3.8, 4) is 17.2 Å². The number of nitrogens with two attached hydrogens (primary N) is 1. The highest BCUT2D eigenvalue weighted by atomic mass is 16.4. The van der Waals surface area contributed by atoms with Crippen LogP contribution in [0.4, 0.5) is 0 Å². The Balaban J connectivity index is 2.94. The van der Waals surface area contributed by atoms with Gasteiger partial charge in [0.2, 0.25) is 0 Å². The molecular weight excluding hydrogens is 262 g/mol. The van der Waals surface area contributed by atoms with E-state index < -0.39 is 17.6 Å². The third kappa shape index (κ3) is 3.54. The normalized spacial score (nSPS) is 15.6. The van der Waals surface area contributed by atoms with Gasteiger partial charge in [-0.2, -0.15) is 0 Å². The Kier molecular flexibility index (Phi) is 5.21. The first-order valence-electron chi connectivity index (χ1n) is 6.45. The van der Waals surface area contributed by atoms with Gasteiger partial charge >= 0.3 is 5.97 Å². The number of benzene rings is 1. The number of aliphatic carboxylic acids is 1. The minimum absolute atomic E-state index is 0.0453. The molecule has 0 aliphatic carbocycles. The molecule has 1 aromatic carbocycles. The van der Waals surface area contributed by atoms with Gasteiger partial charge in [-0.15, -0.1) is 0 Å². The van der Waals surface area contributed by atoms with Gasteiger partial charge in [-0.1, -0.05) is 13.8 Å². The molecule has 6 nitrogen and oxygen atoms in total. The van der Waals surface area contributed by atoms with E-state index in [9.17, 15) is 20.1 Å². The van der Waals surface area contributed by atoms with Crippen molar-refractivity contribution in [2.75, 3.05) is 6.54 Å². The van der Waals surface area contributed by atoms with Crippen LogP contribution < -0.4 is 5.73 Å². The van der Waals surface area contributed by atoms with Crippen molar-refractivity contribution in [1.82, 2.24) is 0 Å². The summed E-state index contributed by atoms with van der Waals surface area (Å²) < 4.78 is 0. The van der Waals surface area contributed by atoms with Crippen LogP contribution in [0.15, 0.2) is 12.1 Å². The zero-order valence-electron chi connectivity index (χ0n) is 11.6. The second-order valence-corrected chi connectivity index (χ2v) is 5.18. The number of phenolic OH excluding ortho intramolecular Hbond substituents is 3. The van der Waals surface area contributed by atoms with Crippen molar-refractivity contribution in [2.45, 2.75) is 26.2 Å². The maximum absolute atomic E-state index is 11.0. The van der Waals surface area contributed by atoms with Crippen LogP contribution in [0.3, 0.4) is 0 Å². The molecule has 3 atom stereocenters. The largest absolute Gasteiger partial charge is 0.508 e. The second kappa shape index (κ2) is 6.47. The fourth-order valence-electron chi connectivity index (χ4n) is 2.23. The van der Waals surface area contributed by atoms with Crippen molar-refractivity contribution < 1.29 is 25.2 Å². The predicted octanol–water partition coefficient (Wildman–Crippen LogP) is 1.59. The van der Waals surface area contributed by atoms with Crippen molar-refractivity contribution in [3.05, 3.63) is 17.7 Å². The monoisotopic (exact) mass is 283 g/mol. The average molecular weight is 283 g/mol. The lowest BCUT2D eigenvalue weighted by molar-refractivity contribution is -0.142. The van der Waals surface area contributed by atoms with Crippen molar-refractivity contribution in [3.63, 3.8) is 0 Å². The molecule has 1 aromatic rings. The summed E-state index contributed by atoms with van der Waals surface area (Å²) in [5, 5.41) is 37.8. The van der Waals surface area contributed by atoms with E-state index in [0.717, 1.165) is 6.07 Å². The first kappa shape index (κ1) is 16.1. The second-order valence-electron chi connectivity index (χ2n) is 5.18. The molecule has 0 aliphatic rings. The first-order chi connectivity index (χ1) is 9.27. The lowest BCUT2D eigenvalue weighted by Crippen LogP contribution is -2.26. The Morgan fingerprint density at radius 2 is 1.85 bits per heavy atom. The molecule has 6 N–H and O–H groups in total. The Bertz CT molecular complexity index is 489. The molecule has 0 radical (unpaired) electrons. The summed E-state index contributed by atoms with van der Waals surface area (Å²) in [5.74, 6) is -2.76. The topological polar surface area (TPSA) is 124 Å². The van der Waals surface area contributed by atoms with Gasteiger partial charge in [0, 0.05) is 18.2 Å². The number of rotatable bonds is 6. The standard InChI is InChI=1S/C14H21NO5/c1-7(3-9(6-15)14(19)20)8(2)11-4-10(16)5-12(17)13(11)18/h4-5,7-9,16-18H,3,6,15H2,1-2H3,(H,19,20). The third-order valence-electron chi connectivity index (χ3n) is 3.74. The minimum Gasteiger partial charge on any atom is -0.508 e. The highest BCUT2D eigenvalue weighted by molar-refractivity contribution is 5.70.